The molecular weight excluding hydrogens is 381 g/mol. The van der Waals surface area contributed by atoms with Gasteiger partial charge in [-0.25, -0.2) is 4.39 Å². The van der Waals surface area contributed by atoms with Gasteiger partial charge in [-0.1, -0.05) is 12.1 Å². The first-order chi connectivity index (χ1) is 13.5. The fourth-order valence-corrected chi connectivity index (χ4v) is 4.36. The average Bonchev–Trinajstić information content (AvgIpc) is 3.40. The van der Waals surface area contributed by atoms with Crippen molar-refractivity contribution in [3.8, 4) is 0 Å². The van der Waals surface area contributed by atoms with Crippen LogP contribution in [0.1, 0.15) is 32.6 Å². The lowest BCUT2D eigenvalue weighted by Gasteiger charge is -2.26. The Bertz CT molecular complexity index is 1070. The number of Topliss-reactive ketones (excluding diaryl/α,β-unsaturated/α-hetero) is 1. The van der Waals surface area contributed by atoms with E-state index in [4.69, 9.17) is 4.42 Å². The number of hydrogen-bond acceptors (Lipinski definition) is 5. The normalized spacial score (nSPS) is 16.9. The lowest BCUT2D eigenvalue weighted by Crippen LogP contribution is -2.30. The summed E-state index contributed by atoms with van der Waals surface area (Å²) in [5.74, 6) is -2.08. The molecule has 1 N–H and O–H groups in total. The molecule has 4 rings (SSSR count). The molecule has 2 aromatic heterocycles. The molecule has 0 radical (unpaired) electrons. The van der Waals surface area contributed by atoms with Crippen molar-refractivity contribution in [2.24, 2.45) is 0 Å². The first kappa shape index (κ1) is 18.2. The van der Waals surface area contributed by atoms with E-state index in [9.17, 15) is 19.1 Å². The minimum absolute atomic E-state index is 0.00684. The predicted octanol–water partition coefficient (Wildman–Crippen LogP) is 4.57. The van der Waals surface area contributed by atoms with Crippen LogP contribution in [0.3, 0.4) is 0 Å². The summed E-state index contributed by atoms with van der Waals surface area (Å²) in [6, 6.07) is 9.99. The van der Waals surface area contributed by atoms with Crippen LogP contribution in [0.15, 0.2) is 69.9 Å². The summed E-state index contributed by atoms with van der Waals surface area (Å²) in [5, 5.41) is 12.4. The van der Waals surface area contributed by atoms with Gasteiger partial charge >= 0.3 is 0 Å². The Balaban J connectivity index is 1.78. The van der Waals surface area contributed by atoms with Gasteiger partial charge in [0.1, 0.15) is 11.9 Å². The van der Waals surface area contributed by atoms with Crippen molar-refractivity contribution in [1.29, 1.82) is 0 Å². The van der Waals surface area contributed by atoms with Crippen molar-refractivity contribution < 1.29 is 23.5 Å². The minimum atomic E-state index is -0.741. The number of furan rings is 1. The first-order valence-corrected chi connectivity index (χ1v) is 9.46. The molecule has 1 aliphatic heterocycles. The van der Waals surface area contributed by atoms with Gasteiger partial charge in [-0.3, -0.25) is 9.59 Å². The molecule has 1 unspecified atom stereocenters. The number of thiophene rings is 1. The Kier molecular flexibility index (Phi) is 4.60. The molecule has 0 aliphatic carbocycles. The Hall–Kier alpha value is -3.19. The number of aliphatic hydroxyl groups is 1. The van der Waals surface area contributed by atoms with Crippen molar-refractivity contribution in [3.05, 3.63) is 93.0 Å². The highest BCUT2D eigenvalue weighted by Crippen LogP contribution is 2.43. The number of nitrogens with zero attached hydrogens (tertiary/aromatic N) is 1. The quantitative estimate of drug-likeness (QED) is 0.641. The third-order valence-corrected chi connectivity index (χ3v) is 5.78. The summed E-state index contributed by atoms with van der Waals surface area (Å²) in [4.78, 5) is 28.0. The molecule has 0 saturated carbocycles. The van der Waals surface area contributed by atoms with Crippen LogP contribution in [0.5, 0.6) is 0 Å². The zero-order chi connectivity index (χ0) is 19.8. The fraction of sp³-hybridized carbons (Fsp3) is 0.143. The van der Waals surface area contributed by atoms with E-state index in [1.54, 1.807) is 18.2 Å². The number of aliphatic hydroxyl groups excluding tert-OH is 1. The maximum absolute atomic E-state index is 13.2. The molecule has 1 amide bonds. The van der Waals surface area contributed by atoms with Gasteiger partial charge in [0.05, 0.1) is 11.8 Å². The molecule has 1 atom stereocenters. The summed E-state index contributed by atoms with van der Waals surface area (Å²) in [6.07, 6.45) is 1.36. The van der Waals surface area contributed by atoms with Crippen LogP contribution in [-0.4, -0.2) is 21.7 Å². The number of amides is 1. The molecule has 0 bridgehead atoms. The van der Waals surface area contributed by atoms with Crippen LogP contribution in [0.4, 0.5) is 4.39 Å². The number of aryl methyl sites for hydroxylation is 1. The maximum Gasteiger partial charge on any atom is 0.290 e. The van der Waals surface area contributed by atoms with Crippen molar-refractivity contribution >= 4 is 23.0 Å². The largest absolute Gasteiger partial charge is 0.503 e. The Labute approximate surface area is 164 Å². The number of hydrogen-bond donors (Lipinski definition) is 1. The van der Waals surface area contributed by atoms with Crippen molar-refractivity contribution in [2.75, 3.05) is 0 Å². The molecular formula is C21H16FNO4S. The fourth-order valence-electron chi connectivity index (χ4n) is 3.31. The van der Waals surface area contributed by atoms with Gasteiger partial charge in [-0.2, -0.15) is 0 Å². The number of carbonyl (C=O) groups excluding carboxylic acids is 2. The maximum atomic E-state index is 13.2. The molecule has 0 saturated heterocycles. The summed E-state index contributed by atoms with van der Waals surface area (Å²) in [5.41, 5.74) is 1.59. The van der Waals surface area contributed by atoms with E-state index < -0.39 is 23.5 Å². The SMILES string of the molecule is Cc1ccsc1C1C(C(=O)c2ccco2)=C(O)C(=O)N1Cc1ccc(F)cc1. The van der Waals surface area contributed by atoms with Crippen molar-refractivity contribution in [2.45, 2.75) is 19.5 Å². The first-order valence-electron chi connectivity index (χ1n) is 8.58. The van der Waals surface area contributed by atoms with Gasteiger partial charge in [0.25, 0.3) is 5.91 Å². The summed E-state index contributed by atoms with van der Waals surface area (Å²) >= 11 is 1.40. The number of rotatable bonds is 5. The smallest absolute Gasteiger partial charge is 0.290 e. The molecule has 1 aliphatic rings. The number of carbonyl (C=O) groups is 2. The second-order valence-electron chi connectivity index (χ2n) is 6.50. The van der Waals surface area contributed by atoms with Gasteiger partial charge in [0, 0.05) is 11.4 Å². The topological polar surface area (TPSA) is 70.7 Å². The van der Waals surface area contributed by atoms with E-state index in [-0.39, 0.29) is 23.7 Å². The van der Waals surface area contributed by atoms with Crippen LogP contribution in [0, 0.1) is 12.7 Å². The lowest BCUT2D eigenvalue weighted by atomic mass is 9.98. The minimum Gasteiger partial charge on any atom is -0.503 e. The second-order valence-corrected chi connectivity index (χ2v) is 7.45. The highest BCUT2D eigenvalue weighted by molar-refractivity contribution is 7.10. The molecule has 0 fully saturated rings. The number of halogens is 1. The molecule has 3 heterocycles. The van der Waals surface area contributed by atoms with Crippen LogP contribution < -0.4 is 0 Å². The third kappa shape index (κ3) is 3.03. The van der Waals surface area contributed by atoms with E-state index in [1.165, 1.54) is 40.7 Å². The van der Waals surface area contributed by atoms with Crippen molar-refractivity contribution in [1.82, 2.24) is 4.90 Å². The highest BCUT2D eigenvalue weighted by atomic mass is 32.1. The van der Waals surface area contributed by atoms with Gasteiger partial charge in [0.15, 0.2) is 11.5 Å². The van der Waals surface area contributed by atoms with Crippen LogP contribution in [0.25, 0.3) is 0 Å². The summed E-state index contributed by atoms with van der Waals surface area (Å²) < 4.78 is 18.4. The second kappa shape index (κ2) is 7.09. The standard InChI is InChI=1S/C21H16FNO4S/c1-12-8-10-28-20(12)17-16(18(24)15-3-2-9-27-15)19(25)21(26)23(17)11-13-4-6-14(22)7-5-13/h2-10,17,25H,11H2,1H3. The molecule has 3 aromatic rings. The zero-order valence-electron chi connectivity index (χ0n) is 14.9. The summed E-state index contributed by atoms with van der Waals surface area (Å²) in [6.45, 7) is 2.01. The van der Waals surface area contributed by atoms with Crippen LogP contribution in [-0.2, 0) is 11.3 Å². The van der Waals surface area contributed by atoms with Crippen molar-refractivity contribution in [3.63, 3.8) is 0 Å². The molecule has 5 nitrogen and oxygen atoms in total. The predicted molar refractivity (Wildman–Crippen MR) is 101 cm³/mol. The number of benzene rings is 1. The summed E-state index contributed by atoms with van der Waals surface area (Å²) in [7, 11) is 0. The van der Waals surface area contributed by atoms with E-state index in [0.29, 0.717) is 5.56 Å². The monoisotopic (exact) mass is 397 g/mol. The zero-order valence-corrected chi connectivity index (χ0v) is 15.7. The molecule has 142 valence electrons. The van der Waals surface area contributed by atoms with Gasteiger partial charge in [-0.05, 0) is 53.8 Å². The molecule has 1 aromatic carbocycles. The van der Waals surface area contributed by atoms with E-state index in [0.717, 1.165) is 10.4 Å². The highest BCUT2D eigenvalue weighted by Gasteiger charge is 2.45. The Morgan fingerprint density at radius 2 is 2.00 bits per heavy atom. The van der Waals surface area contributed by atoms with Gasteiger partial charge < -0.3 is 14.4 Å². The number of ketones is 1. The molecule has 7 heteroatoms. The van der Waals surface area contributed by atoms with Crippen LogP contribution >= 0.6 is 11.3 Å². The molecule has 0 spiro atoms. The Morgan fingerprint density at radius 3 is 2.61 bits per heavy atom. The molecule has 28 heavy (non-hydrogen) atoms. The average molecular weight is 397 g/mol. The van der Waals surface area contributed by atoms with E-state index in [1.807, 2.05) is 18.4 Å². The van der Waals surface area contributed by atoms with E-state index in [2.05, 4.69) is 0 Å². The van der Waals surface area contributed by atoms with Crippen LogP contribution in [0.2, 0.25) is 0 Å². The Morgan fingerprint density at radius 1 is 1.25 bits per heavy atom. The van der Waals surface area contributed by atoms with E-state index >= 15 is 0 Å². The van der Waals surface area contributed by atoms with Gasteiger partial charge in [-0.15, -0.1) is 11.3 Å². The third-order valence-electron chi connectivity index (χ3n) is 4.71. The lowest BCUT2D eigenvalue weighted by molar-refractivity contribution is -0.130. The van der Waals surface area contributed by atoms with Gasteiger partial charge in [0.2, 0.25) is 5.78 Å².